The highest BCUT2D eigenvalue weighted by atomic mass is 16.5. The molecular weight excluding hydrogens is 390 g/mol. The van der Waals surface area contributed by atoms with Gasteiger partial charge in [0.15, 0.2) is 0 Å². The molecule has 3 rings (SSSR count). The van der Waals surface area contributed by atoms with E-state index in [0.717, 1.165) is 6.42 Å². The van der Waals surface area contributed by atoms with Gasteiger partial charge in [-0.2, -0.15) is 0 Å². The average molecular weight is 419 g/mol. The van der Waals surface area contributed by atoms with Crippen LogP contribution in [0.25, 0.3) is 0 Å². The van der Waals surface area contributed by atoms with Crippen molar-refractivity contribution in [1.82, 2.24) is 10.2 Å². The van der Waals surface area contributed by atoms with Gasteiger partial charge in [0.2, 0.25) is 0 Å². The Kier molecular flexibility index (Phi) is 7.15. The third kappa shape index (κ3) is 5.02. The monoisotopic (exact) mass is 419 g/mol. The summed E-state index contributed by atoms with van der Waals surface area (Å²) in [5, 5.41) is 5.48. The number of rotatable bonds is 5. The number of nitrogens with zero attached hydrogens (tertiary/aromatic N) is 1. The second kappa shape index (κ2) is 9.80. The van der Waals surface area contributed by atoms with E-state index in [1.165, 1.54) is 7.11 Å². The number of esters is 1. The van der Waals surface area contributed by atoms with Crippen LogP contribution in [0.2, 0.25) is 0 Å². The zero-order chi connectivity index (χ0) is 21.7. The Morgan fingerprint density at radius 3 is 2.83 bits per heavy atom. The minimum absolute atomic E-state index is 0.163. The maximum Gasteiger partial charge on any atom is 0.319 e. The Hall–Kier alpha value is -2.81. The van der Waals surface area contributed by atoms with Crippen LogP contribution in [0.1, 0.15) is 43.0 Å². The van der Waals surface area contributed by atoms with Gasteiger partial charge >= 0.3 is 12.0 Å². The maximum atomic E-state index is 13.1. The lowest BCUT2D eigenvalue weighted by Gasteiger charge is -2.42. The molecule has 2 aliphatic heterocycles. The minimum atomic E-state index is -0.340. The highest BCUT2D eigenvalue weighted by Gasteiger charge is 2.39. The molecule has 1 saturated heterocycles. The molecule has 1 aromatic carbocycles. The van der Waals surface area contributed by atoms with Crippen LogP contribution in [0, 0.1) is 0 Å². The van der Waals surface area contributed by atoms with Crippen LogP contribution >= 0.6 is 0 Å². The molecule has 9 nitrogen and oxygen atoms in total. The van der Waals surface area contributed by atoms with Crippen molar-refractivity contribution in [3.8, 4) is 5.75 Å². The normalized spacial score (nSPS) is 23.2. The Labute approximate surface area is 176 Å². The number of nitrogens with one attached hydrogen (secondary N) is 2. The number of amides is 3. The fourth-order valence-corrected chi connectivity index (χ4v) is 3.79. The van der Waals surface area contributed by atoms with Crippen LogP contribution in [0.3, 0.4) is 0 Å². The summed E-state index contributed by atoms with van der Waals surface area (Å²) in [5.41, 5.74) is 0.906. The van der Waals surface area contributed by atoms with Crippen molar-refractivity contribution >= 4 is 23.6 Å². The van der Waals surface area contributed by atoms with Crippen LogP contribution in [-0.4, -0.2) is 68.4 Å². The van der Waals surface area contributed by atoms with Gasteiger partial charge in [0, 0.05) is 19.3 Å². The molecule has 30 heavy (non-hydrogen) atoms. The minimum Gasteiger partial charge on any atom is -0.490 e. The SMILES string of the molecule is CCCNC(=O)Nc1ccc2c(c1)C(=O)N(C)[C@H]1CC[C@@H](CC(=O)OC)O[C@H]1CO2. The Bertz CT molecular complexity index is 799. The number of methoxy groups -OCH3 is 1. The molecule has 0 unspecified atom stereocenters. The first-order valence-corrected chi connectivity index (χ1v) is 10.2. The molecule has 0 saturated carbocycles. The fraction of sp³-hybridized carbons (Fsp3) is 0.571. The zero-order valence-corrected chi connectivity index (χ0v) is 17.6. The van der Waals surface area contributed by atoms with Crippen molar-refractivity contribution in [3.63, 3.8) is 0 Å². The first kappa shape index (κ1) is 21.9. The number of carbonyl (C=O) groups excluding carboxylic acids is 3. The zero-order valence-electron chi connectivity index (χ0n) is 17.6. The maximum absolute atomic E-state index is 13.1. The summed E-state index contributed by atoms with van der Waals surface area (Å²) in [4.78, 5) is 38.3. The van der Waals surface area contributed by atoms with E-state index in [0.29, 0.717) is 36.4 Å². The smallest absolute Gasteiger partial charge is 0.319 e. The molecule has 0 radical (unpaired) electrons. The lowest BCUT2D eigenvalue weighted by Crippen LogP contribution is -2.53. The van der Waals surface area contributed by atoms with Gasteiger partial charge in [-0.25, -0.2) is 4.79 Å². The molecule has 0 bridgehead atoms. The van der Waals surface area contributed by atoms with Gasteiger partial charge in [-0.05, 0) is 37.5 Å². The largest absolute Gasteiger partial charge is 0.490 e. The van der Waals surface area contributed by atoms with Crippen LogP contribution < -0.4 is 15.4 Å². The first-order chi connectivity index (χ1) is 14.4. The lowest BCUT2D eigenvalue weighted by molar-refractivity contribution is -0.151. The van der Waals surface area contributed by atoms with Crippen molar-refractivity contribution in [2.45, 2.75) is 50.9 Å². The van der Waals surface area contributed by atoms with Gasteiger partial charge in [-0.1, -0.05) is 6.92 Å². The molecule has 0 spiro atoms. The number of carbonyl (C=O) groups is 3. The number of benzene rings is 1. The Balaban J connectivity index is 1.74. The summed E-state index contributed by atoms with van der Waals surface area (Å²) < 4.78 is 16.7. The summed E-state index contributed by atoms with van der Waals surface area (Å²) in [6, 6.07) is 4.51. The van der Waals surface area contributed by atoms with E-state index in [1.807, 2.05) is 6.92 Å². The van der Waals surface area contributed by atoms with Gasteiger partial charge in [-0.3, -0.25) is 9.59 Å². The molecule has 3 atom stereocenters. The predicted molar refractivity (Wildman–Crippen MR) is 110 cm³/mol. The third-order valence-corrected chi connectivity index (χ3v) is 5.43. The molecular formula is C21H29N3O6. The van der Waals surface area contributed by atoms with E-state index in [4.69, 9.17) is 14.2 Å². The highest BCUT2D eigenvalue weighted by molar-refractivity contribution is 5.99. The summed E-state index contributed by atoms with van der Waals surface area (Å²) in [7, 11) is 3.10. The summed E-state index contributed by atoms with van der Waals surface area (Å²) in [6.07, 6.45) is 1.78. The number of urea groups is 1. The number of hydrogen-bond donors (Lipinski definition) is 2. The number of hydrogen-bond acceptors (Lipinski definition) is 6. The number of fused-ring (bicyclic) bond motifs is 2. The molecule has 1 fully saturated rings. The molecule has 3 amide bonds. The molecule has 1 aromatic rings. The van der Waals surface area contributed by atoms with Crippen LogP contribution in [0.4, 0.5) is 10.5 Å². The molecule has 2 heterocycles. The fourth-order valence-electron chi connectivity index (χ4n) is 3.79. The molecule has 164 valence electrons. The van der Waals surface area contributed by atoms with Gasteiger partial charge < -0.3 is 29.7 Å². The van der Waals surface area contributed by atoms with Crippen LogP contribution in [0.15, 0.2) is 18.2 Å². The Morgan fingerprint density at radius 2 is 2.10 bits per heavy atom. The van der Waals surface area contributed by atoms with Crippen molar-refractivity contribution in [1.29, 1.82) is 0 Å². The summed E-state index contributed by atoms with van der Waals surface area (Å²) in [5.74, 6) is -0.0844. The molecule has 0 aliphatic carbocycles. The second-order valence-electron chi connectivity index (χ2n) is 7.54. The van der Waals surface area contributed by atoms with Crippen molar-refractivity contribution < 1.29 is 28.6 Å². The van der Waals surface area contributed by atoms with Gasteiger partial charge in [0.05, 0.1) is 31.2 Å². The van der Waals surface area contributed by atoms with E-state index in [2.05, 4.69) is 10.6 Å². The molecule has 9 heteroatoms. The first-order valence-electron chi connectivity index (χ1n) is 10.2. The number of likely N-dealkylation sites (N-methyl/N-ethyl adjacent to an activating group) is 1. The molecule has 2 N–H and O–H groups in total. The van der Waals surface area contributed by atoms with E-state index >= 15 is 0 Å². The highest BCUT2D eigenvalue weighted by Crippen LogP contribution is 2.32. The summed E-state index contributed by atoms with van der Waals surface area (Å²) in [6.45, 7) is 2.80. The van der Waals surface area contributed by atoms with E-state index < -0.39 is 0 Å². The molecule has 2 aliphatic rings. The number of anilines is 1. The number of ether oxygens (including phenoxy) is 3. The lowest BCUT2D eigenvalue weighted by atomic mass is 9.94. The van der Waals surface area contributed by atoms with Crippen LogP contribution in [0.5, 0.6) is 5.75 Å². The van der Waals surface area contributed by atoms with E-state index in [-0.39, 0.29) is 49.2 Å². The standard InChI is InChI=1S/C21H29N3O6/c1-4-9-22-21(27)23-13-5-8-17-15(10-13)20(26)24(2)16-7-6-14(11-19(25)28-3)30-18(16)12-29-17/h5,8,10,14,16,18H,4,6-7,9,11-12H2,1-3H3,(H2,22,23,27)/t14-,16-,18-/m0/s1. The average Bonchev–Trinajstić information content (AvgIpc) is 2.75. The Morgan fingerprint density at radius 1 is 1.30 bits per heavy atom. The van der Waals surface area contributed by atoms with Crippen molar-refractivity contribution in [2.24, 2.45) is 0 Å². The van der Waals surface area contributed by atoms with Gasteiger partial charge in [0.1, 0.15) is 18.5 Å². The summed E-state index contributed by atoms with van der Waals surface area (Å²) >= 11 is 0. The quantitative estimate of drug-likeness (QED) is 0.709. The predicted octanol–water partition coefficient (Wildman–Crippen LogP) is 2.16. The van der Waals surface area contributed by atoms with Crippen molar-refractivity contribution in [3.05, 3.63) is 23.8 Å². The molecule has 0 aromatic heterocycles. The second-order valence-corrected chi connectivity index (χ2v) is 7.54. The van der Waals surface area contributed by atoms with E-state index in [9.17, 15) is 14.4 Å². The third-order valence-electron chi connectivity index (χ3n) is 5.43. The van der Waals surface area contributed by atoms with Gasteiger partial charge in [-0.15, -0.1) is 0 Å². The van der Waals surface area contributed by atoms with Crippen LogP contribution in [-0.2, 0) is 14.3 Å². The van der Waals surface area contributed by atoms with Gasteiger partial charge in [0.25, 0.3) is 5.91 Å². The topological polar surface area (TPSA) is 106 Å². The van der Waals surface area contributed by atoms with Crippen molar-refractivity contribution in [2.75, 3.05) is 32.6 Å². The van der Waals surface area contributed by atoms with E-state index in [1.54, 1.807) is 30.1 Å².